The molecule has 5 nitrogen and oxygen atoms in total. The molecule has 0 aliphatic rings. The summed E-state index contributed by atoms with van der Waals surface area (Å²) in [6.45, 7) is 6.03. The van der Waals surface area contributed by atoms with E-state index in [1.165, 1.54) is 6.33 Å². The van der Waals surface area contributed by atoms with Crippen LogP contribution in [-0.4, -0.2) is 25.8 Å². The van der Waals surface area contributed by atoms with E-state index in [0.29, 0.717) is 10.8 Å². The molecule has 6 heteroatoms. The Morgan fingerprint density at radius 1 is 1.14 bits per heavy atom. The van der Waals surface area contributed by atoms with E-state index in [1.807, 2.05) is 39.0 Å². The maximum absolute atomic E-state index is 5.92. The van der Waals surface area contributed by atoms with Crippen LogP contribution >= 0.6 is 11.6 Å². The average molecular weight is 303 g/mol. The smallest absolute Gasteiger partial charge is 0.133 e. The molecule has 3 rings (SSSR count). The van der Waals surface area contributed by atoms with E-state index in [2.05, 4.69) is 20.2 Å². The number of fused-ring (bicyclic) bond motifs is 1. The molecule has 0 unspecified atom stereocenters. The predicted octanol–water partition coefficient (Wildman–Crippen LogP) is 3.85. The van der Waals surface area contributed by atoms with Gasteiger partial charge in [0.1, 0.15) is 28.5 Å². The van der Waals surface area contributed by atoms with Gasteiger partial charge in [-0.3, -0.25) is 5.10 Å². The van der Waals surface area contributed by atoms with Crippen molar-refractivity contribution in [3.05, 3.63) is 35.7 Å². The lowest BCUT2D eigenvalue weighted by molar-refractivity contribution is 0.131. The summed E-state index contributed by atoms with van der Waals surface area (Å²) in [7, 11) is 0. The number of H-pyrrole nitrogens is 1. The molecular weight excluding hydrogens is 288 g/mol. The summed E-state index contributed by atoms with van der Waals surface area (Å²) in [6.07, 6.45) is 1.42. The second kappa shape index (κ2) is 5.00. The topological polar surface area (TPSA) is 63.7 Å². The van der Waals surface area contributed by atoms with Crippen molar-refractivity contribution in [1.82, 2.24) is 20.2 Å². The van der Waals surface area contributed by atoms with Crippen molar-refractivity contribution in [3.8, 4) is 17.1 Å². The molecule has 0 aliphatic carbocycles. The molecule has 0 amide bonds. The summed E-state index contributed by atoms with van der Waals surface area (Å²) < 4.78 is 5.89. The lowest BCUT2D eigenvalue weighted by Gasteiger charge is -2.21. The van der Waals surface area contributed by atoms with Crippen LogP contribution in [0.2, 0.25) is 5.15 Å². The SMILES string of the molecule is CC(C)(C)Oc1ccc2[nH]nc(-c3cc(Cl)ncn3)c2c1. The lowest BCUT2D eigenvalue weighted by atomic mass is 10.1. The normalized spacial score (nSPS) is 11.8. The molecule has 1 N–H and O–H groups in total. The fraction of sp³-hybridized carbons (Fsp3) is 0.267. The molecule has 0 saturated heterocycles. The Balaban J connectivity index is 2.10. The van der Waals surface area contributed by atoms with Crippen molar-refractivity contribution in [1.29, 1.82) is 0 Å². The molecule has 1 aromatic carbocycles. The van der Waals surface area contributed by atoms with E-state index < -0.39 is 0 Å². The monoisotopic (exact) mass is 302 g/mol. The Bertz CT molecular complexity index is 792. The standard InChI is InChI=1S/C15H15ClN4O/c1-15(2,3)21-9-4-5-11-10(6-9)14(20-19-11)12-7-13(16)18-8-17-12/h4-8H,1-3H3,(H,19,20). The molecule has 108 valence electrons. The number of benzene rings is 1. The molecule has 0 bridgehead atoms. The summed E-state index contributed by atoms with van der Waals surface area (Å²) in [5, 5.41) is 8.63. The number of nitrogens with zero attached hydrogens (tertiary/aromatic N) is 3. The number of aromatic amines is 1. The molecule has 0 fully saturated rings. The minimum absolute atomic E-state index is 0.254. The Morgan fingerprint density at radius 3 is 2.67 bits per heavy atom. The summed E-state index contributed by atoms with van der Waals surface area (Å²) in [5.74, 6) is 0.790. The van der Waals surface area contributed by atoms with Crippen LogP contribution in [0.5, 0.6) is 5.75 Å². The van der Waals surface area contributed by atoms with E-state index in [1.54, 1.807) is 6.07 Å². The summed E-state index contributed by atoms with van der Waals surface area (Å²) >= 11 is 5.92. The van der Waals surface area contributed by atoms with Gasteiger partial charge in [-0.1, -0.05) is 11.6 Å². The van der Waals surface area contributed by atoms with Gasteiger partial charge in [-0.2, -0.15) is 5.10 Å². The first kappa shape index (κ1) is 13.8. The van der Waals surface area contributed by atoms with Gasteiger partial charge in [0.25, 0.3) is 0 Å². The predicted molar refractivity (Wildman–Crippen MR) is 82.5 cm³/mol. The van der Waals surface area contributed by atoms with E-state index in [-0.39, 0.29) is 5.60 Å². The average Bonchev–Trinajstić information content (AvgIpc) is 2.80. The summed E-state index contributed by atoms with van der Waals surface area (Å²) in [4.78, 5) is 8.10. The third-order valence-corrected chi connectivity index (χ3v) is 3.04. The third-order valence-electron chi connectivity index (χ3n) is 2.83. The molecule has 21 heavy (non-hydrogen) atoms. The van der Waals surface area contributed by atoms with Crippen LogP contribution in [-0.2, 0) is 0 Å². The van der Waals surface area contributed by atoms with Crippen molar-refractivity contribution in [2.75, 3.05) is 0 Å². The van der Waals surface area contributed by atoms with Gasteiger partial charge < -0.3 is 4.74 Å². The molecular formula is C15H15ClN4O. The van der Waals surface area contributed by atoms with Crippen LogP contribution in [0.1, 0.15) is 20.8 Å². The van der Waals surface area contributed by atoms with Crippen molar-refractivity contribution < 1.29 is 4.74 Å². The highest BCUT2D eigenvalue weighted by atomic mass is 35.5. The quantitative estimate of drug-likeness (QED) is 0.730. The first-order valence-electron chi connectivity index (χ1n) is 6.57. The fourth-order valence-corrected chi connectivity index (χ4v) is 2.22. The van der Waals surface area contributed by atoms with Crippen LogP contribution in [0.25, 0.3) is 22.3 Å². The van der Waals surface area contributed by atoms with Gasteiger partial charge in [0, 0.05) is 11.5 Å². The van der Waals surface area contributed by atoms with Crippen molar-refractivity contribution in [2.45, 2.75) is 26.4 Å². The van der Waals surface area contributed by atoms with Crippen LogP contribution < -0.4 is 4.74 Å². The molecule has 0 spiro atoms. The first-order valence-corrected chi connectivity index (χ1v) is 6.95. The van der Waals surface area contributed by atoms with Crippen molar-refractivity contribution in [2.24, 2.45) is 0 Å². The Hall–Kier alpha value is -2.14. The molecule has 2 aromatic heterocycles. The highest BCUT2D eigenvalue weighted by Crippen LogP contribution is 2.30. The minimum Gasteiger partial charge on any atom is -0.488 e. The molecule has 0 radical (unpaired) electrons. The van der Waals surface area contributed by atoms with Gasteiger partial charge in [0.15, 0.2) is 0 Å². The summed E-state index contributed by atoms with van der Waals surface area (Å²) in [6, 6.07) is 7.50. The molecule has 2 heterocycles. The lowest BCUT2D eigenvalue weighted by Crippen LogP contribution is -2.22. The minimum atomic E-state index is -0.254. The molecule has 3 aromatic rings. The second-order valence-electron chi connectivity index (χ2n) is 5.72. The number of rotatable bonds is 2. The Labute approximate surface area is 127 Å². The number of ether oxygens (including phenoxy) is 1. The Kier molecular flexibility index (Phi) is 3.29. The first-order chi connectivity index (χ1) is 9.92. The van der Waals surface area contributed by atoms with Crippen molar-refractivity contribution >= 4 is 22.5 Å². The third kappa shape index (κ3) is 2.97. The van der Waals surface area contributed by atoms with Gasteiger partial charge in [-0.25, -0.2) is 9.97 Å². The fourth-order valence-electron chi connectivity index (χ4n) is 2.07. The largest absolute Gasteiger partial charge is 0.488 e. The second-order valence-corrected chi connectivity index (χ2v) is 6.11. The van der Waals surface area contributed by atoms with Crippen molar-refractivity contribution in [3.63, 3.8) is 0 Å². The highest BCUT2D eigenvalue weighted by Gasteiger charge is 2.15. The van der Waals surface area contributed by atoms with E-state index >= 15 is 0 Å². The zero-order valence-electron chi connectivity index (χ0n) is 12.0. The molecule has 0 saturated carbocycles. The van der Waals surface area contributed by atoms with Gasteiger partial charge >= 0.3 is 0 Å². The number of hydrogen-bond acceptors (Lipinski definition) is 4. The van der Waals surface area contributed by atoms with Crippen LogP contribution in [0.3, 0.4) is 0 Å². The van der Waals surface area contributed by atoms with E-state index in [9.17, 15) is 0 Å². The zero-order valence-corrected chi connectivity index (χ0v) is 12.8. The van der Waals surface area contributed by atoms with Crippen LogP contribution in [0, 0.1) is 0 Å². The molecule has 0 aliphatic heterocycles. The maximum atomic E-state index is 5.92. The Morgan fingerprint density at radius 2 is 1.95 bits per heavy atom. The van der Waals surface area contributed by atoms with Gasteiger partial charge in [-0.15, -0.1) is 0 Å². The van der Waals surface area contributed by atoms with Crippen LogP contribution in [0.4, 0.5) is 0 Å². The van der Waals surface area contributed by atoms with Gasteiger partial charge in [-0.05, 0) is 39.0 Å². The van der Waals surface area contributed by atoms with Crippen LogP contribution in [0.15, 0.2) is 30.6 Å². The number of aromatic nitrogens is 4. The number of hydrogen-bond donors (Lipinski definition) is 1. The van der Waals surface area contributed by atoms with Gasteiger partial charge in [0.2, 0.25) is 0 Å². The van der Waals surface area contributed by atoms with Gasteiger partial charge in [0.05, 0.1) is 11.2 Å². The summed E-state index contributed by atoms with van der Waals surface area (Å²) in [5.41, 5.74) is 2.07. The number of halogens is 1. The zero-order chi connectivity index (χ0) is 15.0. The number of nitrogens with one attached hydrogen (secondary N) is 1. The maximum Gasteiger partial charge on any atom is 0.133 e. The van der Waals surface area contributed by atoms with E-state index in [4.69, 9.17) is 16.3 Å². The highest BCUT2D eigenvalue weighted by molar-refractivity contribution is 6.29. The van der Waals surface area contributed by atoms with E-state index in [0.717, 1.165) is 22.3 Å². The molecule has 0 atom stereocenters.